The first-order chi connectivity index (χ1) is 12.9. The van der Waals surface area contributed by atoms with E-state index in [-0.39, 0.29) is 23.7 Å². The van der Waals surface area contributed by atoms with Gasteiger partial charge in [0.25, 0.3) is 0 Å². The average molecular weight is 385 g/mol. The lowest BCUT2D eigenvalue weighted by Gasteiger charge is -2.18. The van der Waals surface area contributed by atoms with Crippen LogP contribution in [-0.2, 0) is 22.3 Å². The SMILES string of the molecule is O=C(Cn1c(C(F)(F)F)nc2cc3c(cc21)OCCO3)NC[C@H]1CCCO1. The van der Waals surface area contributed by atoms with E-state index in [1.807, 2.05) is 0 Å². The summed E-state index contributed by atoms with van der Waals surface area (Å²) in [7, 11) is 0. The zero-order chi connectivity index (χ0) is 19.0. The van der Waals surface area contributed by atoms with Gasteiger partial charge in [-0.3, -0.25) is 4.79 Å². The summed E-state index contributed by atoms with van der Waals surface area (Å²) in [5.41, 5.74) is 0.261. The molecule has 1 amide bonds. The Labute approximate surface area is 152 Å². The highest BCUT2D eigenvalue weighted by Gasteiger charge is 2.38. The number of hydrogen-bond donors (Lipinski definition) is 1. The topological polar surface area (TPSA) is 74.6 Å². The molecule has 0 spiro atoms. The van der Waals surface area contributed by atoms with Crippen molar-refractivity contribution in [1.82, 2.24) is 14.9 Å². The molecule has 1 aromatic heterocycles. The number of hydrogen-bond acceptors (Lipinski definition) is 5. The van der Waals surface area contributed by atoms with Crippen molar-refractivity contribution in [3.63, 3.8) is 0 Å². The Hall–Kier alpha value is -2.49. The van der Waals surface area contributed by atoms with E-state index < -0.39 is 24.5 Å². The molecule has 1 saturated heterocycles. The first kappa shape index (κ1) is 17.9. The third kappa shape index (κ3) is 3.66. The molecular formula is C17H18F3N3O4. The molecular weight excluding hydrogens is 367 g/mol. The second-order valence-electron chi connectivity index (χ2n) is 6.44. The zero-order valence-corrected chi connectivity index (χ0v) is 14.3. The maximum atomic E-state index is 13.4. The van der Waals surface area contributed by atoms with Crippen LogP contribution in [0.1, 0.15) is 18.7 Å². The number of halogens is 3. The van der Waals surface area contributed by atoms with Crippen molar-refractivity contribution in [2.24, 2.45) is 0 Å². The summed E-state index contributed by atoms with van der Waals surface area (Å²) in [6.45, 7) is 1.03. The summed E-state index contributed by atoms with van der Waals surface area (Å²) in [6, 6.07) is 2.83. The molecule has 27 heavy (non-hydrogen) atoms. The summed E-state index contributed by atoms with van der Waals surface area (Å²) >= 11 is 0. The fourth-order valence-corrected chi connectivity index (χ4v) is 3.27. The quantitative estimate of drug-likeness (QED) is 0.873. The van der Waals surface area contributed by atoms with Crippen LogP contribution in [-0.4, -0.2) is 47.9 Å². The van der Waals surface area contributed by atoms with Crippen molar-refractivity contribution in [2.45, 2.75) is 31.7 Å². The maximum Gasteiger partial charge on any atom is 0.449 e. The third-order valence-electron chi connectivity index (χ3n) is 4.52. The molecule has 7 nitrogen and oxygen atoms in total. The number of nitrogens with one attached hydrogen (secondary N) is 1. The predicted molar refractivity (Wildman–Crippen MR) is 87.7 cm³/mol. The van der Waals surface area contributed by atoms with Gasteiger partial charge < -0.3 is 24.1 Å². The second kappa shape index (κ2) is 6.91. The number of ether oxygens (including phenoxy) is 3. The maximum absolute atomic E-state index is 13.4. The molecule has 1 aromatic carbocycles. The lowest BCUT2D eigenvalue weighted by atomic mass is 10.2. The van der Waals surface area contributed by atoms with Gasteiger partial charge in [-0.05, 0) is 12.8 Å². The van der Waals surface area contributed by atoms with Crippen LogP contribution in [0.25, 0.3) is 11.0 Å². The Morgan fingerprint density at radius 1 is 1.22 bits per heavy atom. The Balaban J connectivity index is 1.63. The van der Waals surface area contributed by atoms with Gasteiger partial charge in [0.05, 0.1) is 17.1 Å². The van der Waals surface area contributed by atoms with E-state index in [1.54, 1.807) is 0 Å². The van der Waals surface area contributed by atoms with Gasteiger partial charge in [0, 0.05) is 25.3 Å². The van der Waals surface area contributed by atoms with Crippen LogP contribution in [0, 0.1) is 0 Å². The first-order valence-electron chi connectivity index (χ1n) is 8.67. The van der Waals surface area contributed by atoms with Crippen LogP contribution < -0.4 is 14.8 Å². The van der Waals surface area contributed by atoms with Crippen molar-refractivity contribution in [2.75, 3.05) is 26.4 Å². The smallest absolute Gasteiger partial charge is 0.449 e. The highest BCUT2D eigenvalue weighted by atomic mass is 19.4. The first-order valence-corrected chi connectivity index (χ1v) is 8.67. The average Bonchev–Trinajstić information content (AvgIpc) is 3.26. The van der Waals surface area contributed by atoms with E-state index in [0.29, 0.717) is 31.3 Å². The molecule has 0 radical (unpaired) electrons. The molecule has 2 aliphatic rings. The van der Waals surface area contributed by atoms with Gasteiger partial charge in [-0.1, -0.05) is 0 Å². The van der Waals surface area contributed by atoms with Crippen LogP contribution in [0.15, 0.2) is 12.1 Å². The minimum Gasteiger partial charge on any atom is -0.486 e. The number of fused-ring (bicyclic) bond motifs is 2. The summed E-state index contributed by atoms with van der Waals surface area (Å²) in [5.74, 6) is -0.990. The molecule has 2 aliphatic heterocycles. The van der Waals surface area contributed by atoms with Crippen molar-refractivity contribution < 1.29 is 32.2 Å². The molecule has 3 heterocycles. The second-order valence-corrected chi connectivity index (χ2v) is 6.44. The number of carbonyl (C=O) groups excluding carboxylic acids is 1. The Morgan fingerprint density at radius 2 is 1.96 bits per heavy atom. The number of nitrogens with zero attached hydrogens (tertiary/aromatic N) is 2. The lowest BCUT2D eigenvalue weighted by Crippen LogP contribution is -2.35. The molecule has 0 saturated carbocycles. The summed E-state index contributed by atoms with van der Waals surface area (Å²) in [4.78, 5) is 15.9. The number of aromatic nitrogens is 2. The third-order valence-corrected chi connectivity index (χ3v) is 4.52. The van der Waals surface area contributed by atoms with Gasteiger partial charge in [-0.25, -0.2) is 4.98 Å². The van der Waals surface area contributed by atoms with Crippen LogP contribution in [0.4, 0.5) is 13.2 Å². The molecule has 0 bridgehead atoms. The number of imidazole rings is 1. The Bertz CT molecular complexity index is 859. The number of amides is 1. The monoisotopic (exact) mass is 385 g/mol. The van der Waals surface area contributed by atoms with Gasteiger partial charge in [-0.2, -0.15) is 13.2 Å². The van der Waals surface area contributed by atoms with Crippen LogP contribution >= 0.6 is 0 Å². The van der Waals surface area contributed by atoms with Crippen molar-refractivity contribution in [3.8, 4) is 11.5 Å². The van der Waals surface area contributed by atoms with E-state index >= 15 is 0 Å². The summed E-state index contributed by atoms with van der Waals surface area (Å²) in [6.07, 6.45) is -3.05. The van der Waals surface area contributed by atoms with Crippen LogP contribution in [0.3, 0.4) is 0 Å². The van der Waals surface area contributed by atoms with Crippen molar-refractivity contribution >= 4 is 16.9 Å². The van der Waals surface area contributed by atoms with Gasteiger partial charge in [0.15, 0.2) is 11.5 Å². The van der Waals surface area contributed by atoms with Crippen molar-refractivity contribution in [3.05, 3.63) is 18.0 Å². The lowest BCUT2D eigenvalue weighted by molar-refractivity contribution is -0.147. The fraction of sp³-hybridized carbons (Fsp3) is 0.529. The Morgan fingerprint density at radius 3 is 2.63 bits per heavy atom. The predicted octanol–water partition coefficient (Wildman–Crippen LogP) is 2.12. The molecule has 1 N–H and O–H groups in total. The van der Waals surface area contributed by atoms with Crippen LogP contribution in [0.2, 0.25) is 0 Å². The number of alkyl halides is 3. The Kier molecular flexibility index (Phi) is 4.58. The van der Waals surface area contributed by atoms with E-state index in [0.717, 1.165) is 17.4 Å². The molecule has 0 aliphatic carbocycles. The molecule has 4 rings (SSSR count). The minimum atomic E-state index is -4.70. The van der Waals surface area contributed by atoms with E-state index in [4.69, 9.17) is 14.2 Å². The highest BCUT2D eigenvalue weighted by Crippen LogP contribution is 2.37. The van der Waals surface area contributed by atoms with E-state index in [9.17, 15) is 18.0 Å². The summed E-state index contributed by atoms with van der Waals surface area (Å²) < 4.78 is 57.4. The molecule has 146 valence electrons. The molecule has 1 fully saturated rings. The highest BCUT2D eigenvalue weighted by molar-refractivity contribution is 5.84. The van der Waals surface area contributed by atoms with Crippen LogP contribution in [0.5, 0.6) is 11.5 Å². The van der Waals surface area contributed by atoms with Gasteiger partial charge in [-0.15, -0.1) is 0 Å². The van der Waals surface area contributed by atoms with Gasteiger partial charge >= 0.3 is 6.18 Å². The fourth-order valence-electron chi connectivity index (χ4n) is 3.27. The standard InChI is InChI=1S/C17H18F3N3O4/c18-17(19,20)16-22-11-6-13-14(27-5-4-26-13)7-12(11)23(16)9-15(24)21-8-10-2-1-3-25-10/h6-7,10H,1-5,8-9H2,(H,21,24)/t10-/m1/s1. The largest absolute Gasteiger partial charge is 0.486 e. The molecule has 0 unspecified atom stereocenters. The van der Waals surface area contributed by atoms with Crippen molar-refractivity contribution in [1.29, 1.82) is 0 Å². The number of benzene rings is 1. The number of rotatable bonds is 4. The molecule has 10 heteroatoms. The number of carbonyl (C=O) groups is 1. The summed E-state index contributed by atoms with van der Waals surface area (Å²) in [5, 5.41) is 2.63. The zero-order valence-electron chi connectivity index (χ0n) is 14.3. The molecule has 1 atom stereocenters. The van der Waals surface area contributed by atoms with E-state index in [2.05, 4.69) is 10.3 Å². The van der Waals surface area contributed by atoms with Gasteiger partial charge in [0.2, 0.25) is 11.7 Å². The normalized spacial score (nSPS) is 19.4. The van der Waals surface area contributed by atoms with Gasteiger partial charge in [0.1, 0.15) is 19.8 Å². The minimum absolute atomic E-state index is 0.0897. The molecule has 2 aromatic rings. The van der Waals surface area contributed by atoms with E-state index in [1.165, 1.54) is 12.1 Å².